The Morgan fingerprint density at radius 2 is 1.79 bits per heavy atom. The SMILES string of the molecule is COc1ccc(CN(C)CC2(O)CCN(Cc3ccc(OCCn4cccn4)cc3)C2)cc1. The first kappa shape index (κ1) is 23.3. The quantitative estimate of drug-likeness (QED) is 0.485. The van der Waals surface area contributed by atoms with Crippen molar-refractivity contribution in [3.8, 4) is 11.5 Å². The van der Waals surface area contributed by atoms with E-state index >= 15 is 0 Å². The number of aromatic nitrogens is 2. The third-order valence-electron chi connectivity index (χ3n) is 6.06. The predicted molar refractivity (Wildman–Crippen MR) is 128 cm³/mol. The topological polar surface area (TPSA) is 63.0 Å². The van der Waals surface area contributed by atoms with Gasteiger partial charge in [0.15, 0.2) is 0 Å². The number of hydrogen-bond donors (Lipinski definition) is 1. The van der Waals surface area contributed by atoms with Crippen LogP contribution < -0.4 is 9.47 Å². The van der Waals surface area contributed by atoms with Crippen LogP contribution in [0.1, 0.15) is 17.5 Å². The van der Waals surface area contributed by atoms with E-state index in [0.717, 1.165) is 44.1 Å². The second-order valence-corrected chi connectivity index (χ2v) is 8.97. The summed E-state index contributed by atoms with van der Waals surface area (Å²) in [7, 11) is 3.74. The van der Waals surface area contributed by atoms with Gasteiger partial charge in [-0.25, -0.2) is 0 Å². The molecule has 1 atom stereocenters. The van der Waals surface area contributed by atoms with Crippen molar-refractivity contribution in [1.82, 2.24) is 19.6 Å². The lowest BCUT2D eigenvalue weighted by atomic mass is 10.0. The number of hydrogen-bond acceptors (Lipinski definition) is 6. The Hall–Kier alpha value is -2.87. The molecule has 0 saturated carbocycles. The van der Waals surface area contributed by atoms with Gasteiger partial charge in [-0.3, -0.25) is 14.5 Å². The van der Waals surface area contributed by atoms with Crippen LogP contribution in [0.2, 0.25) is 0 Å². The van der Waals surface area contributed by atoms with Crippen LogP contribution in [0.15, 0.2) is 67.0 Å². The van der Waals surface area contributed by atoms with Gasteiger partial charge in [0.1, 0.15) is 18.1 Å². The third kappa shape index (κ3) is 6.81. The first-order valence-electron chi connectivity index (χ1n) is 11.5. The molecule has 0 aliphatic carbocycles. The number of likely N-dealkylation sites (N-methyl/N-ethyl adjacent to an activating group) is 1. The third-order valence-corrected chi connectivity index (χ3v) is 6.06. The molecule has 1 aliphatic rings. The second kappa shape index (κ2) is 10.8. The molecule has 7 heteroatoms. The van der Waals surface area contributed by atoms with E-state index < -0.39 is 5.60 Å². The highest BCUT2D eigenvalue weighted by Gasteiger charge is 2.36. The standard InChI is InChI=1S/C26H34N4O3/c1-28(18-22-4-8-24(32-2)9-5-22)20-26(31)12-15-29(21-26)19-23-6-10-25(11-7-23)33-17-16-30-14-3-13-27-30/h3-11,13-14,31H,12,15-21H2,1-2H3. The van der Waals surface area contributed by atoms with Gasteiger partial charge < -0.3 is 14.6 Å². The fourth-order valence-corrected chi connectivity index (χ4v) is 4.44. The number of likely N-dealkylation sites (tertiary alicyclic amines) is 1. The largest absolute Gasteiger partial charge is 0.497 e. The first-order chi connectivity index (χ1) is 16.0. The molecule has 0 amide bonds. The lowest BCUT2D eigenvalue weighted by molar-refractivity contribution is 0.0162. The minimum absolute atomic E-state index is 0.588. The highest BCUT2D eigenvalue weighted by Crippen LogP contribution is 2.25. The maximum atomic E-state index is 11.2. The van der Waals surface area contributed by atoms with E-state index in [4.69, 9.17) is 9.47 Å². The van der Waals surface area contributed by atoms with Crippen molar-refractivity contribution in [2.24, 2.45) is 0 Å². The molecular weight excluding hydrogens is 416 g/mol. The molecule has 1 fully saturated rings. The van der Waals surface area contributed by atoms with Crippen LogP contribution in [-0.2, 0) is 19.6 Å². The van der Waals surface area contributed by atoms with Crippen LogP contribution in [0.3, 0.4) is 0 Å². The summed E-state index contributed by atoms with van der Waals surface area (Å²) in [6, 6.07) is 18.3. The number of ether oxygens (including phenoxy) is 2. The van der Waals surface area contributed by atoms with Gasteiger partial charge in [-0.1, -0.05) is 24.3 Å². The van der Waals surface area contributed by atoms with Crippen molar-refractivity contribution in [2.45, 2.75) is 31.7 Å². The summed E-state index contributed by atoms with van der Waals surface area (Å²) < 4.78 is 12.9. The van der Waals surface area contributed by atoms with Crippen molar-refractivity contribution in [3.63, 3.8) is 0 Å². The Labute approximate surface area is 196 Å². The minimum Gasteiger partial charge on any atom is -0.497 e. The summed E-state index contributed by atoms with van der Waals surface area (Å²) in [5.41, 5.74) is 1.76. The smallest absolute Gasteiger partial charge is 0.119 e. The summed E-state index contributed by atoms with van der Waals surface area (Å²) in [6.07, 6.45) is 4.49. The fourth-order valence-electron chi connectivity index (χ4n) is 4.44. The molecule has 176 valence electrons. The van der Waals surface area contributed by atoms with Crippen LogP contribution in [0.4, 0.5) is 0 Å². The molecule has 0 bridgehead atoms. The molecule has 1 aliphatic heterocycles. The molecular formula is C26H34N4O3. The van der Waals surface area contributed by atoms with Crippen LogP contribution >= 0.6 is 0 Å². The Bertz CT molecular complexity index is 976. The Kier molecular flexibility index (Phi) is 7.65. The molecule has 7 nitrogen and oxygen atoms in total. The van der Waals surface area contributed by atoms with E-state index in [9.17, 15) is 5.11 Å². The normalized spacial score (nSPS) is 18.7. The van der Waals surface area contributed by atoms with E-state index in [1.807, 2.05) is 41.2 Å². The van der Waals surface area contributed by atoms with Crippen molar-refractivity contribution in [1.29, 1.82) is 0 Å². The predicted octanol–water partition coefficient (Wildman–Crippen LogP) is 3.04. The maximum absolute atomic E-state index is 11.2. The second-order valence-electron chi connectivity index (χ2n) is 8.97. The summed E-state index contributed by atoms with van der Waals surface area (Å²) >= 11 is 0. The molecule has 1 N–H and O–H groups in total. The van der Waals surface area contributed by atoms with Gasteiger partial charge in [-0.05, 0) is 54.9 Å². The van der Waals surface area contributed by atoms with E-state index in [0.29, 0.717) is 19.7 Å². The molecule has 3 aromatic rings. The van der Waals surface area contributed by atoms with Gasteiger partial charge in [0.25, 0.3) is 0 Å². The van der Waals surface area contributed by atoms with Crippen molar-refractivity contribution < 1.29 is 14.6 Å². The molecule has 1 saturated heterocycles. The lowest BCUT2D eigenvalue weighted by Crippen LogP contribution is -2.43. The maximum Gasteiger partial charge on any atom is 0.119 e. The van der Waals surface area contributed by atoms with Gasteiger partial charge in [0, 0.05) is 45.1 Å². The molecule has 4 rings (SSSR count). The summed E-state index contributed by atoms with van der Waals surface area (Å²) in [5, 5.41) is 15.3. The number of rotatable bonds is 11. The van der Waals surface area contributed by atoms with Gasteiger partial charge in [-0.2, -0.15) is 5.10 Å². The number of nitrogens with zero attached hydrogens (tertiary/aromatic N) is 4. The fraction of sp³-hybridized carbons (Fsp3) is 0.423. The van der Waals surface area contributed by atoms with Gasteiger partial charge in [0.2, 0.25) is 0 Å². The first-order valence-corrected chi connectivity index (χ1v) is 11.5. The molecule has 0 spiro atoms. The molecule has 2 heterocycles. The Balaban J connectivity index is 1.21. The highest BCUT2D eigenvalue weighted by molar-refractivity contribution is 5.28. The number of benzene rings is 2. The van der Waals surface area contributed by atoms with Gasteiger partial charge >= 0.3 is 0 Å². The van der Waals surface area contributed by atoms with Gasteiger partial charge in [0.05, 0.1) is 19.3 Å². The zero-order chi connectivity index (χ0) is 23.1. The minimum atomic E-state index is -0.684. The van der Waals surface area contributed by atoms with E-state index in [-0.39, 0.29) is 0 Å². The molecule has 1 aromatic heterocycles. The number of β-amino-alcohol motifs (C(OH)–C–C–N with tert-alkyl or cyclic N) is 1. The average molecular weight is 451 g/mol. The summed E-state index contributed by atoms with van der Waals surface area (Å²) in [5.74, 6) is 1.73. The molecule has 33 heavy (non-hydrogen) atoms. The van der Waals surface area contributed by atoms with Crippen LogP contribution in [0, 0.1) is 0 Å². The van der Waals surface area contributed by atoms with E-state index in [2.05, 4.69) is 46.2 Å². The lowest BCUT2D eigenvalue weighted by Gasteiger charge is -2.29. The Morgan fingerprint density at radius 3 is 2.48 bits per heavy atom. The van der Waals surface area contributed by atoms with Crippen molar-refractivity contribution >= 4 is 0 Å². The van der Waals surface area contributed by atoms with E-state index in [1.165, 1.54) is 11.1 Å². The van der Waals surface area contributed by atoms with Crippen LogP contribution in [0.5, 0.6) is 11.5 Å². The summed E-state index contributed by atoms with van der Waals surface area (Å²) in [4.78, 5) is 4.52. The number of methoxy groups -OCH3 is 1. The number of aliphatic hydroxyl groups is 1. The monoisotopic (exact) mass is 450 g/mol. The molecule has 2 aromatic carbocycles. The van der Waals surface area contributed by atoms with Crippen molar-refractivity contribution in [3.05, 3.63) is 78.1 Å². The van der Waals surface area contributed by atoms with Crippen LogP contribution in [-0.4, -0.2) is 70.7 Å². The average Bonchev–Trinajstić information content (AvgIpc) is 3.45. The molecule has 1 unspecified atom stereocenters. The van der Waals surface area contributed by atoms with Crippen LogP contribution in [0.25, 0.3) is 0 Å². The van der Waals surface area contributed by atoms with Crippen molar-refractivity contribution in [2.75, 3.05) is 40.4 Å². The summed E-state index contributed by atoms with van der Waals surface area (Å²) in [6.45, 7) is 5.18. The zero-order valence-corrected chi connectivity index (χ0v) is 19.6. The molecule has 0 radical (unpaired) electrons. The Morgan fingerprint density at radius 1 is 1.06 bits per heavy atom. The van der Waals surface area contributed by atoms with Gasteiger partial charge in [-0.15, -0.1) is 0 Å². The zero-order valence-electron chi connectivity index (χ0n) is 19.6. The highest BCUT2D eigenvalue weighted by atomic mass is 16.5. The van der Waals surface area contributed by atoms with E-state index in [1.54, 1.807) is 13.3 Å².